The number of hydrogen-bond acceptors (Lipinski definition) is 5. The van der Waals surface area contributed by atoms with Gasteiger partial charge in [-0.15, -0.1) is 0 Å². The monoisotopic (exact) mass is 330 g/mol. The fraction of sp³-hybridized carbons (Fsp3) is 0.500. The Labute approximate surface area is 130 Å². The quantitative estimate of drug-likeness (QED) is 0.706. The summed E-state index contributed by atoms with van der Waals surface area (Å²) in [6.07, 6.45) is 0. The molecule has 0 spiro atoms. The Kier molecular flexibility index (Phi) is 6.79. The summed E-state index contributed by atoms with van der Waals surface area (Å²) in [6, 6.07) is 4.56. The van der Waals surface area contributed by atoms with Crippen molar-refractivity contribution in [1.29, 1.82) is 0 Å². The summed E-state index contributed by atoms with van der Waals surface area (Å²) in [5.74, 6) is 0.146. The largest absolute Gasteiger partial charge is 0.496 e. The summed E-state index contributed by atoms with van der Waals surface area (Å²) in [7, 11) is -2.25. The molecule has 0 aromatic heterocycles. The molecule has 0 unspecified atom stereocenters. The Hall–Kier alpha value is -1.64. The van der Waals surface area contributed by atoms with Crippen LogP contribution in [0.1, 0.15) is 12.5 Å². The van der Waals surface area contributed by atoms with Crippen molar-refractivity contribution in [3.8, 4) is 5.75 Å². The lowest BCUT2D eigenvalue weighted by molar-refractivity contribution is -0.121. The van der Waals surface area contributed by atoms with Crippen LogP contribution in [0.5, 0.6) is 5.75 Å². The molecule has 0 heterocycles. The second-order valence-corrected chi connectivity index (χ2v) is 6.57. The fourth-order valence-electron chi connectivity index (χ4n) is 1.94. The van der Waals surface area contributed by atoms with Crippen molar-refractivity contribution in [2.75, 3.05) is 33.4 Å². The molecule has 8 heteroatoms. The maximum atomic E-state index is 12.6. The van der Waals surface area contributed by atoms with Gasteiger partial charge in [0.15, 0.2) is 0 Å². The number of aliphatic hydroxyl groups excluding tert-OH is 1. The molecule has 0 saturated carbocycles. The summed E-state index contributed by atoms with van der Waals surface area (Å²) >= 11 is 0. The molecule has 1 aromatic rings. The van der Waals surface area contributed by atoms with E-state index in [1.54, 1.807) is 19.9 Å². The standard InChI is InChI=1S/C14H22N2O5S/c1-4-16(10-14(18)15-7-8-17)22(19,20)12-5-6-13(21-3)11(2)9-12/h5-6,9,17H,4,7-8,10H2,1-3H3,(H,15,18). The number of aliphatic hydroxyl groups is 1. The van der Waals surface area contributed by atoms with Crippen LogP contribution < -0.4 is 10.1 Å². The Morgan fingerprint density at radius 1 is 1.41 bits per heavy atom. The molecular formula is C14H22N2O5S. The molecule has 1 aromatic carbocycles. The lowest BCUT2D eigenvalue weighted by Crippen LogP contribution is -2.41. The lowest BCUT2D eigenvalue weighted by atomic mass is 10.2. The van der Waals surface area contributed by atoms with Gasteiger partial charge in [-0.25, -0.2) is 8.42 Å². The number of rotatable bonds is 8. The first kappa shape index (κ1) is 18.4. The number of likely N-dealkylation sites (N-methyl/N-ethyl adjacent to an activating group) is 1. The highest BCUT2D eigenvalue weighted by molar-refractivity contribution is 7.89. The van der Waals surface area contributed by atoms with Gasteiger partial charge in [0.25, 0.3) is 0 Å². The molecule has 0 radical (unpaired) electrons. The zero-order valence-corrected chi connectivity index (χ0v) is 13.8. The van der Waals surface area contributed by atoms with Crippen molar-refractivity contribution < 1.29 is 23.1 Å². The average Bonchev–Trinajstić information content (AvgIpc) is 2.50. The fourth-order valence-corrected chi connectivity index (χ4v) is 3.43. The number of methoxy groups -OCH3 is 1. The first-order valence-electron chi connectivity index (χ1n) is 6.89. The third-order valence-electron chi connectivity index (χ3n) is 3.11. The van der Waals surface area contributed by atoms with Gasteiger partial charge in [-0.3, -0.25) is 4.79 Å². The molecule has 2 N–H and O–H groups in total. The number of ether oxygens (including phenoxy) is 1. The normalized spacial score (nSPS) is 11.5. The van der Waals surface area contributed by atoms with Crippen LogP contribution in [0.4, 0.5) is 0 Å². The molecule has 0 atom stereocenters. The molecule has 124 valence electrons. The summed E-state index contributed by atoms with van der Waals surface area (Å²) in [5, 5.41) is 11.1. The van der Waals surface area contributed by atoms with Crippen LogP contribution in [0, 0.1) is 6.92 Å². The SMILES string of the molecule is CCN(CC(=O)NCCO)S(=O)(=O)c1ccc(OC)c(C)c1. The molecule has 22 heavy (non-hydrogen) atoms. The molecule has 1 rings (SSSR count). The average molecular weight is 330 g/mol. The minimum absolute atomic E-state index is 0.0953. The Balaban J connectivity index is 2.99. The number of nitrogens with one attached hydrogen (secondary N) is 1. The van der Waals surface area contributed by atoms with Crippen molar-refractivity contribution in [3.05, 3.63) is 23.8 Å². The van der Waals surface area contributed by atoms with E-state index < -0.39 is 15.9 Å². The third kappa shape index (κ3) is 4.43. The number of nitrogens with zero attached hydrogens (tertiary/aromatic N) is 1. The minimum atomic E-state index is -3.76. The lowest BCUT2D eigenvalue weighted by Gasteiger charge is -2.20. The second kappa shape index (κ2) is 8.11. The van der Waals surface area contributed by atoms with Crippen LogP contribution >= 0.6 is 0 Å². The van der Waals surface area contributed by atoms with E-state index in [9.17, 15) is 13.2 Å². The van der Waals surface area contributed by atoms with Crippen LogP contribution in [-0.2, 0) is 14.8 Å². The predicted octanol–water partition coefficient (Wildman–Crippen LogP) is 0.123. The minimum Gasteiger partial charge on any atom is -0.496 e. The highest BCUT2D eigenvalue weighted by atomic mass is 32.2. The number of carbonyl (C=O) groups is 1. The van der Waals surface area contributed by atoms with E-state index in [1.807, 2.05) is 0 Å². The number of amides is 1. The van der Waals surface area contributed by atoms with Gasteiger partial charge in [0.05, 0.1) is 25.2 Å². The number of benzene rings is 1. The highest BCUT2D eigenvalue weighted by Gasteiger charge is 2.25. The molecule has 0 aliphatic heterocycles. The first-order chi connectivity index (χ1) is 10.4. The van der Waals surface area contributed by atoms with Crippen molar-refractivity contribution in [2.45, 2.75) is 18.7 Å². The van der Waals surface area contributed by atoms with Crippen LogP contribution in [-0.4, -0.2) is 57.1 Å². The Morgan fingerprint density at radius 3 is 2.59 bits per heavy atom. The zero-order valence-electron chi connectivity index (χ0n) is 13.0. The van der Waals surface area contributed by atoms with Crippen molar-refractivity contribution in [1.82, 2.24) is 9.62 Å². The first-order valence-corrected chi connectivity index (χ1v) is 8.33. The molecule has 0 aliphatic rings. The summed E-state index contributed by atoms with van der Waals surface area (Å²) < 4.78 is 31.4. The summed E-state index contributed by atoms with van der Waals surface area (Å²) in [4.78, 5) is 11.8. The van der Waals surface area contributed by atoms with Gasteiger partial charge in [0, 0.05) is 13.1 Å². The van der Waals surface area contributed by atoms with Gasteiger partial charge < -0.3 is 15.2 Å². The van der Waals surface area contributed by atoms with Crippen molar-refractivity contribution >= 4 is 15.9 Å². The van der Waals surface area contributed by atoms with Gasteiger partial charge in [-0.2, -0.15) is 4.31 Å². The van der Waals surface area contributed by atoms with Gasteiger partial charge in [0.2, 0.25) is 15.9 Å². The molecular weight excluding hydrogens is 308 g/mol. The summed E-state index contributed by atoms with van der Waals surface area (Å²) in [6.45, 7) is 3.19. The molecule has 0 saturated heterocycles. The predicted molar refractivity (Wildman–Crippen MR) is 82.3 cm³/mol. The van der Waals surface area contributed by atoms with Crippen molar-refractivity contribution in [2.24, 2.45) is 0 Å². The zero-order chi connectivity index (χ0) is 16.8. The van der Waals surface area contributed by atoms with E-state index in [-0.39, 0.29) is 31.1 Å². The second-order valence-electron chi connectivity index (χ2n) is 4.64. The number of sulfonamides is 1. The van der Waals surface area contributed by atoms with E-state index in [0.29, 0.717) is 11.3 Å². The summed E-state index contributed by atoms with van der Waals surface area (Å²) in [5.41, 5.74) is 0.698. The number of aryl methyl sites for hydroxylation is 1. The smallest absolute Gasteiger partial charge is 0.243 e. The van der Waals surface area contributed by atoms with Crippen LogP contribution in [0.15, 0.2) is 23.1 Å². The van der Waals surface area contributed by atoms with Crippen molar-refractivity contribution in [3.63, 3.8) is 0 Å². The third-order valence-corrected chi connectivity index (χ3v) is 5.03. The van der Waals surface area contributed by atoms with E-state index >= 15 is 0 Å². The maximum Gasteiger partial charge on any atom is 0.243 e. The number of carbonyl (C=O) groups excluding carboxylic acids is 1. The van der Waals surface area contributed by atoms with E-state index in [1.165, 1.54) is 19.2 Å². The molecule has 7 nitrogen and oxygen atoms in total. The topological polar surface area (TPSA) is 95.9 Å². The molecule has 1 amide bonds. The Morgan fingerprint density at radius 2 is 2.09 bits per heavy atom. The molecule has 0 fully saturated rings. The van der Waals surface area contributed by atoms with E-state index in [2.05, 4.69) is 5.32 Å². The molecule has 0 bridgehead atoms. The van der Waals surface area contributed by atoms with Gasteiger partial charge in [-0.05, 0) is 30.7 Å². The molecule has 0 aliphatic carbocycles. The van der Waals surface area contributed by atoms with Gasteiger partial charge in [-0.1, -0.05) is 6.92 Å². The van der Waals surface area contributed by atoms with Crippen LogP contribution in [0.3, 0.4) is 0 Å². The van der Waals surface area contributed by atoms with Gasteiger partial charge >= 0.3 is 0 Å². The van der Waals surface area contributed by atoms with E-state index in [4.69, 9.17) is 9.84 Å². The maximum absolute atomic E-state index is 12.6. The number of hydrogen-bond donors (Lipinski definition) is 2. The van der Waals surface area contributed by atoms with Gasteiger partial charge in [0.1, 0.15) is 5.75 Å². The van der Waals surface area contributed by atoms with E-state index in [0.717, 1.165) is 4.31 Å². The van der Waals surface area contributed by atoms with Crippen LogP contribution in [0.2, 0.25) is 0 Å². The Bertz CT molecular complexity index is 616. The van der Waals surface area contributed by atoms with Crippen LogP contribution in [0.25, 0.3) is 0 Å². The highest BCUT2D eigenvalue weighted by Crippen LogP contribution is 2.23.